The summed E-state index contributed by atoms with van der Waals surface area (Å²) in [7, 11) is -3.19. The fourth-order valence-corrected chi connectivity index (χ4v) is 6.64. The molecule has 0 aromatic rings. The maximum Gasteiger partial charge on any atom is 0.472 e. The summed E-state index contributed by atoms with van der Waals surface area (Å²) in [4.78, 5) is 34.4. The van der Waals surface area contributed by atoms with Crippen molar-refractivity contribution in [2.45, 2.75) is 225 Å². The van der Waals surface area contributed by atoms with Gasteiger partial charge in [-0.2, -0.15) is 0 Å². The summed E-state index contributed by atoms with van der Waals surface area (Å²) in [6, 6.07) is 0. The van der Waals surface area contributed by atoms with Gasteiger partial charge in [0.05, 0.1) is 6.61 Å². The van der Waals surface area contributed by atoms with Crippen LogP contribution >= 0.6 is 7.82 Å². The molecule has 302 valence electrons. The zero-order chi connectivity index (χ0) is 37.5. The maximum absolute atomic E-state index is 12.5. The molecule has 0 heterocycles. The summed E-state index contributed by atoms with van der Waals surface area (Å²) in [6.45, 7) is 3.90. The van der Waals surface area contributed by atoms with Crippen molar-refractivity contribution in [3.05, 3.63) is 12.2 Å². The summed E-state index contributed by atoms with van der Waals surface area (Å²) in [5, 5.41) is 0. The molecule has 8 nitrogen and oxygen atoms in total. The molecule has 0 aliphatic heterocycles. The maximum atomic E-state index is 12.5. The first kappa shape index (κ1) is 49.8. The molecule has 2 unspecified atom stereocenters. The van der Waals surface area contributed by atoms with Gasteiger partial charge in [0.25, 0.3) is 0 Å². The quantitative estimate of drug-likeness (QED) is 0.0286. The standard InChI is InChI=1S/C42H81O8P/c1-4-6-8-10-12-14-16-18-20-21-22-23-25-27-29-31-33-35-37-42(44)50-40(39-49-51(45,46)47-3)38-48-41(43)36-34-32-30-28-26-24-19-17-15-13-11-9-7-5-2/h20-21,40H,4-19,22-39H2,1-3H3,(H,45,46)/b21-20-. The van der Waals surface area contributed by atoms with Gasteiger partial charge in [0.2, 0.25) is 0 Å². The molecule has 0 aromatic heterocycles. The van der Waals surface area contributed by atoms with Crippen molar-refractivity contribution < 1.29 is 37.6 Å². The Balaban J connectivity index is 3.97. The summed E-state index contributed by atoms with van der Waals surface area (Å²) in [5.74, 6) is -0.798. The van der Waals surface area contributed by atoms with E-state index in [4.69, 9.17) is 14.0 Å². The third-order valence-corrected chi connectivity index (χ3v) is 10.4. The van der Waals surface area contributed by atoms with E-state index in [0.29, 0.717) is 12.8 Å². The van der Waals surface area contributed by atoms with Crippen molar-refractivity contribution in [3.8, 4) is 0 Å². The second-order valence-electron chi connectivity index (χ2n) is 14.5. The fraction of sp³-hybridized carbons (Fsp3) is 0.905. The van der Waals surface area contributed by atoms with Gasteiger partial charge in [0.1, 0.15) is 6.61 Å². The Morgan fingerprint density at radius 2 is 0.882 bits per heavy atom. The van der Waals surface area contributed by atoms with E-state index in [9.17, 15) is 19.0 Å². The van der Waals surface area contributed by atoms with Gasteiger partial charge in [-0.3, -0.25) is 18.6 Å². The van der Waals surface area contributed by atoms with Gasteiger partial charge in [-0.25, -0.2) is 4.57 Å². The smallest absolute Gasteiger partial charge is 0.462 e. The van der Waals surface area contributed by atoms with Crippen molar-refractivity contribution in [2.24, 2.45) is 0 Å². The minimum absolute atomic E-state index is 0.221. The molecular formula is C42H81O8P. The third-order valence-electron chi connectivity index (χ3n) is 9.51. The van der Waals surface area contributed by atoms with Gasteiger partial charge in [-0.1, -0.05) is 180 Å². The zero-order valence-electron chi connectivity index (χ0n) is 33.5. The molecule has 9 heteroatoms. The van der Waals surface area contributed by atoms with Crippen molar-refractivity contribution in [1.82, 2.24) is 0 Å². The van der Waals surface area contributed by atoms with Crippen LogP contribution in [-0.4, -0.2) is 43.3 Å². The fourth-order valence-electron chi connectivity index (χ4n) is 6.18. The first-order valence-corrected chi connectivity index (χ1v) is 22.9. The lowest BCUT2D eigenvalue weighted by atomic mass is 10.0. The lowest BCUT2D eigenvalue weighted by Gasteiger charge is -2.19. The molecule has 0 spiro atoms. The van der Waals surface area contributed by atoms with Gasteiger partial charge < -0.3 is 14.4 Å². The average Bonchev–Trinajstić information content (AvgIpc) is 3.12. The highest BCUT2D eigenvalue weighted by Gasteiger charge is 2.24. The second-order valence-corrected chi connectivity index (χ2v) is 16.0. The Kier molecular flexibility index (Phi) is 37.6. The molecule has 0 amide bonds. The van der Waals surface area contributed by atoms with Crippen LogP contribution in [0.4, 0.5) is 0 Å². The summed E-state index contributed by atoms with van der Waals surface area (Å²) < 4.78 is 32.0. The molecule has 0 fully saturated rings. The van der Waals surface area contributed by atoms with Crippen molar-refractivity contribution in [3.63, 3.8) is 0 Å². The first-order chi connectivity index (χ1) is 24.8. The highest BCUT2D eigenvalue weighted by molar-refractivity contribution is 7.47. The average molecular weight is 745 g/mol. The van der Waals surface area contributed by atoms with Crippen LogP contribution < -0.4 is 0 Å². The van der Waals surface area contributed by atoms with E-state index in [1.54, 1.807) is 0 Å². The zero-order valence-corrected chi connectivity index (χ0v) is 34.4. The van der Waals surface area contributed by atoms with Crippen LogP contribution in [0.1, 0.15) is 219 Å². The normalized spacial score (nSPS) is 13.4. The third kappa shape index (κ3) is 38.3. The van der Waals surface area contributed by atoms with Crippen LogP contribution in [-0.2, 0) is 32.7 Å². The van der Waals surface area contributed by atoms with Crippen LogP contribution in [0.25, 0.3) is 0 Å². The second kappa shape index (κ2) is 38.5. The Labute approximate surface area is 314 Å². The molecule has 0 saturated heterocycles. The van der Waals surface area contributed by atoms with Gasteiger partial charge in [-0.05, 0) is 38.5 Å². The number of carbonyl (C=O) groups is 2. The largest absolute Gasteiger partial charge is 0.472 e. The SMILES string of the molecule is CCCCCCCCC/C=C\CCCCCCCCCC(=O)OC(COC(=O)CCCCCCCCCCCCCCCC)COP(=O)(O)OC. The molecule has 51 heavy (non-hydrogen) atoms. The van der Waals surface area contributed by atoms with Gasteiger partial charge in [-0.15, -0.1) is 0 Å². The highest BCUT2D eigenvalue weighted by Crippen LogP contribution is 2.42. The van der Waals surface area contributed by atoms with E-state index in [1.807, 2.05) is 0 Å². The highest BCUT2D eigenvalue weighted by atomic mass is 31.2. The van der Waals surface area contributed by atoms with Crippen LogP contribution in [0.3, 0.4) is 0 Å². The Bertz CT molecular complexity index is 849. The van der Waals surface area contributed by atoms with Gasteiger partial charge in [0, 0.05) is 20.0 Å². The van der Waals surface area contributed by atoms with Crippen LogP contribution in [0.2, 0.25) is 0 Å². The van der Waals surface area contributed by atoms with E-state index in [-0.39, 0.29) is 19.0 Å². The van der Waals surface area contributed by atoms with Crippen LogP contribution in [0.15, 0.2) is 12.2 Å². The molecule has 0 aliphatic carbocycles. The predicted octanol–water partition coefficient (Wildman–Crippen LogP) is 13.3. The Morgan fingerprint density at radius 3 is 1.27 bits per heavy atom. The van der Waals surface area contributed by atoms with E-state index in [2.05, 4.69) is 30.5 Å². The first-order valence-electron chi connectivity index (χ1n) is 21.4. The van der Waals surface area contributed by atoms with E-state index in [0.717, 1.165) is 52.1 Å². The van der Waals surface area contributed by atoms with E-state index < -0.39 is 26.5 Å². The topological polar surface area (TPSA) is 108 Å². The number of phosphoric acid groups is 1. The molecule has 0 saturated carbocycles. The summed E-state index contributed by atoms with van der Waals surface area (Å²) >= 11 is 0. The number of esters is 2. The number of allylic oxidation sites excluding steroid dienone is 2. The molecular weight excluding hydrogens is 663 g/mol. The Hall–Kier alpha value is -1.21. The lowest BCUT2D eigenvalue weighted by molar-refractivity contribution is -0.161. The number of hydrogen-bond donors (Lipinski definition) is 1. The number of ether oxygens (including phenoxy) is 2. The molecule has 0 aromatic carbocycles. The number of carbonyl (C=O) groups excluding carboxylic acids is 2. The van der Waals surface area contributed by atoms with Crippen LogP contribution in [0, 0.1) is 0 Å². The summed E-state index contributed by atoms with van der Waals surface area (Å²) in [6.07, 6.45) is 41.2. The number of phosphoric ester groups is 1. The molecule has 0 bridgehead atoms. The number of hydrogen-bond acceptors (Lipinski definition) is 7. The van der Waals surface area contributed by atoms with Crippen molar-refractivity contribution >= 4 is 19.8 Å². The van der Waals surface area contributed by atoms with Crippen molar-refractivity contribution in [2.75, 3.05) is 20.3 Å². The molecule has 0 radical (unpaired) electrons. The summed E-state index contributed by atoms with van der Waals surface area (Å²) in [5.41, 5.74) is 0. The molecule has 2 atom stereocenters. The molecule has 1 N–H and O–H groups in total. The Morgan fingerprint density at radius 1 is 0.529 bits per heavy atom. The van der Waals surface area contributed by atoms with E-state index >= 15 is 0 Å². The van der Waals surface area contributed by atoms with Crippen molar-refractivity contribution in [1.29, 1.82) is 0 Å². The number of rotatable bonds is 40. The number of unbranched alkanes of at least 4 members (excludes halogenated alkanes) is 27. The van der Waals surface area contributed by atoms with Crippen LogP contribution in [0.5, 0.6) is 0 Å². The minimum atomic E-state index is -4.26. The minimum Gasteiger partial charge on any atom is -0.462 e. The van der Waals surface area contributed by atoms with E-state index in [1.165, 1.54) is 141 Å². The monoisotopic (exact) mass is 745 g/mol. The molecule has 0 aliphatic rings. The predicted molar refractivity (Wildman–Crippen MR) is 212 cm³/mol. The lowest BCUT2D eigenvalue weighted by Crippen LogP contribution is -2.29. The van der Waals surface area contributed by atoms with Gasteiger partial charge in [0.15, 0.2) is 6.10 Å². The molecule has 0 rings (SSSR count). The van der Waals surface area contributed by atoms with Gasteiger partial charge >= 0.3 is 19.8 Å².